The average molecular weight is 317 g/mol. The zero-order chi connectivity index (χ0) is 15.3. The lowest BCUT2D eigenvalue weighted by Gasteiger charge is -2.32. The maximum absolute atomic E-state index is 11.7. The number of hydrogen-bond donors (Lipinski definition) is 0. The minimum Gasteiger partial charge on any atom is -0.374 e. The molecule has 1 saturated heterocycles. The molecule has 0 radical (unpaired) electrons. The lowest BCUT2D eigenvalue weighted by Crippen LogP contribution is -2.45. The van der Waals surface area contributed by atoms with Crippen LogP contribution in [0.2, 0.25) is 0 Å². The predicted octanol–water partition coefficient (Wildman–Crippen LogP) is -0.740. The van der Waals surface area contributed by atoms with Gasteiger partial charge in [-0.25, -0.2) is 17.7 Å². The van der Waals surface area contributed by atoms with E-state index < -0.39 is 10.0 Å². The van der Waals surface area contributed by atoms with Crippen LogP contribution in [0.3, 0.4) is 0 Å². The maximum Gasteiger partial charge on any atom is 0.213 e. The quantitative estimate of drug-likeness (QED) is 0.659. The number of nitrogens with zero attached hydrogens (tertiary/aromatic N) is 5. The van der Waals surface area contributed by atoms with Gasteiger partial charge in [0, 0.05) is 27.2 Å². The van der Waals surface area contributed by atoms with Crippen molar-refractivity contribution in [3.05, 3.63) is 12.7 Å². The van der Waals surface area contributed by atoms with Crippen LogP contribution in [-0.2, 0) is 21.3 Å². The molecule has 1 aliphatic heterocycles. The molecule has 0 aromatic carbocycles. The minimum atomic E-state index is -3.10. The Hall–Kier alpha value is -1.03. The largest absolute Gasteiger partial charge is 0.374 e. The molecule has 8 nitrogen and oxygen atoms in total. The van der Waals surface area contributed by atoms with Crippen molar-refractivity contribution in [3.63, 3.8) is 0 Å². The van der Waals surface area contributed by atoms with Gasteiger partial charge >= 0.3 is 0 Å². The van der Waals surface area contributed by atoms with E-state index in [1.54, 1.807) is 25.1 Å². The van der Waals surface area contributed by atoms with Crippen molar-refractivity contribution in [2.75, 3.05) is 46.1 Å². The Bertz CT molecular complexity index is 517. The lowest BCUT2D eigenvalue weighted by atomic mass is 10.2. The van der Waals surface area contributed by atoms with Crippen LogP contribution in [0.4, 0.5) is 0 Å². The monoisotopic (exact) mass is 317 g/mol. The summed E-state index contributed by atoms with van der Waals surface area (Å²) in [6.07, 6.45) is 3.89. The van der Waals surface area contributed by atoms with Crippen LogP contribution < -0.4 is 0 Å². The SMILES string of the molecule is CN(C)S(=O)(=O)CCCN1CCO[C@H](Cn2cncn2)C1. The molecule has 21 heavy (non-hydrogen) atoms. The molecule has 0 spiro atoms. The second-order valence-electron chi connectivity index (χ2n) is 5.36. The Morgan fingerprint density at radius 3 is 2.90 bits per heavy atom. The first-order chi connectivity index (χ1) is 9.97. The highest BCUT2D eigenvalue weighted by molar-refractivity contribution is 7.89. The highest BCUT2D eigenvalue weighted by Crippen LogP contribution is 2.08. The van der Waals surface area contributed by atoms with Crippen LogP contribution in [0.1, 0.15) is 6.42 Å². The summed E-state index contributed by atoms with van der Waals surface area (Å²) in [6.45, 7) is 3.74. The summed E-state index contributed by atoms with van der Waals surface area (Å²) in [5, 5.41) is 4.07. The van der Waals surface area contributed by atoms with Gasteiger partial charge in [-0.3, -0.25) is 9.58 Å². The van der Waals surface area contributed by atoms with Crippen LogP contribution >= 0.6 is 0 Å². The number of rotatable bonds is 7. The van der Waals surface area contributed by atoms with Crippen molar-refractivity contribution in [3.8, 4) is 0 Å². The third-order valence-corrected chi connectivity index (χ3v) is 5.43. The second-order valence-corrected chi connectivity index (χ2v) is 7.67. The molecular weight excluding hydrogens is 294 g/mol. The number of sulfonamides is 1. The fourth-order valence-electron chi connectivity index (χ4n) is 2.28. The Morgan fingerprint density at radius 1 is 1.43 bits per heavy atom. The van der Waals surface area contributed by atoms with E-state index in [2.05, 4.69) is 15.0 Å². The van der Waals surface area contributed by atoms with E-state index in [0.29, 0.717) is 19.6 Å². The van der Waals surface area contributed by atoms with Crippen molar-refractivity contribution in [1.82, 2.24) is 24.0 Å². The normalized spacial score (nSPS) is 21.0. The van der Waals surface area contributed by atoms with Gasteiger partial charge in [0.25, 0.3) is 0 Å². The Morgan fingerprint density at radius 2 is 2.24 bits per heavy atom. The summed E-state index contributed by atoms with van der Waals surface area (Å²) in [6, 6.07) is 0. The standard InChI is InChI=1S/C12H23N5O3S/c1-15(2)21(18,19)7-3-4-16-5-6-20-12(8-16)9-17-11-13-10-14-17/h10-12H,3-9H2,1-2H3/t12-/m0/s1. The summed E-state index contributed by atoms with van der Waals surface area (Å²) in [5.41, 5.74) is 0. The molecule has 120 valence electrons. The molecule has 1 atom stereocenters. The van der Waals surface area contributed by atoms with Gasteiger partial charge in [-0.05, 0) is 13.0 Å². The fraction of sp³-hybridized carbons (Fsp3) is 0.833. The van der Waals surface area contributed by atoms with Crippen molar-refractivity contribution in [1.29, 1.82) is 0 Å². The van der Waals surface area contributed by atoms with E-state index in [-0.39, 0.29) is 11.9 Å². The smallest absolute Gasteiger partial charge is 0.213 e. The summed E-state index contributed by atoms with van der Waals surface area (Å²) in [4.78, 5) is 6.16. The molecule has 1 aromatic rings. The first-order valence-corrected chi connectivity index (χ1v) is 8.65. The van der Waals surface area contributed by atoms with Crippen LogP contribution in [0.5, 0.6) is 0 Å². The maximum atomic E-state index is 11.7. The number of ether oxygens (including phenoxy) is 1. The Kier molecular flexibility index (Phi) is 5.68. The molecule has 2 rings (SSSR count). The van der Waals surface area contributed by atoms with Gasteiger partial charge in [-0.1, -0.05) is 0 Å². The molecule has 9 heteroatoms. The second kappa shape index (κ2) is 7.30. The molecular formula is C12H23N5O3S. The first-order valence-electron chi connectivity index (χ1n) is 7.04. The van der Waals surface area contributed by atoms with Crippen molar-refractivity contribution < 1.29 is 13.2 Å². The molecule has 0 N–H and O–H groups in total. The zero-order valence-corrected chi connectivity index (χ0v) is 13.4. The van der Waals surface area contributed by atoms with E-state index in [0.717, 1.165) is 19.6 Å². The van der Waals surface area contributed by atoms with Gasteiger partial charge in [0.1, 0.15) is 12.7 Å². The third-order valence-electron chi connectivity index (χ3n) is 3.51. The molecule has 0 saturated carbocycles. The molecule has 0 bridgehead atoms. The first kappa shape index (κ1) is 16.3. The van der Waals surface area contributed by atoms with Gasteiger partial charge in [0.15, 0.2) is 0 Å². The number of morpholine rings is 1. The van der Waals surface area contributed by atoms with E-state index in [4.69, 9.17) is 4.74 Å². The summed E-state index contributed by atoms with van der Waals surface area (Å²) in [5.74, 6) is 0.186. The van der Waals surface area contributed by atoms with Gasteiger partial charge in [0.05, 0.1) is 25.0 Å². The number of aromatic nitrogens is 3. The molecule has 0 amide bonds. The fourth-order valence-corrected chi connectivity index (χ4v) is 3.14. The van der Waals surface area contributed by atoms with Crippen molar-refractivity contribution in [2.24, 2.45) is 0 Å². The predicted molar refractivity (Wildman–Crippen MR) is 78.3 cm³/mol. The molecule has 1 aliphatic rings. The molecule has 1 fully saturated rings. The summed E-state index contributed by atoms with van der Waals surface area (Å²) < 4.78 is 32.2. The number of hydrogen-bond acceptors (Lipinski definition) is 6. The van der Waals surface area contributed by atoms with Gasteiger partial charge < -0.3 is 4.74 Å². The van der Waals surface area contributed by atoms with Crippen molar-refractivity contribution in [2.45, 2.75) is 19.1 Å². The van der Waals surface area contributed by atoms with Crippen LogP contribution in [0.25, 0.3) is 0 Å². The summed E-state index contributed by atoms with van der Waals surface area (Å²) >= 11 is 0. The average Bonchev–Trinajstić information content (AvgIpc) is 2.91. The van der Waals surface area contributed by atoms with Gasteiger partial charge in [0.2, 0.25) is 10.0 Å². The highest BCUT2D eigenvalue weighted by atomic mass is 32.2. The van der Waals surface area contributed by atoms with Crippen LogP contribution in [-0.4, -0.2) is 84.6 Å². The van der Waals surface area contributed by atoms with Gasteiger partial charge in [-0.2, -0.15) is 5.10 Å². The van der Waals surface area contributed by atoms with E-state index in [1.807, 2.05) is 0 Å². The summed E-state index contributed by atoms with van der Waals surface area (Å²) in [7, 11) is 0.0348. The van der Waals surface area contributed by atoms with Crippen molar-refractivity contribution >= 4 is 10.0 Å². The molecule has 0 aliphatic carbocycles. The van der Waals surface area contributed by atoms with Crippen LogP contribution in [0.15, 0.2) is 12.7 Å². The highest BCUT2D eigenvalue weighted by Gasteiger charge is 2.21. The molecule has 1 aromatic heterocycles. The lowest BCUT2D eigenvalue weighted by molar-refractivity contribution is -0.0373. The Labute approximate surface area is 125 Å². The van der Waals surface area contributed by atoms with E-state index in [9.17, 15) is 8.42 Å². The third kappa shape index (κ3) is 5.03. The Balaban J connectivity index is 1.74. The van der Waals surface area contributed by atoms with Crippen LogP contribution in [0, 0.1) is 0 Å². The molecule has 0 unspecified atom stereocenters. The zero-order valence-electron chi connectivity index (χ0n) is 12.6. The topological polar surface area (TPSA) is 80.6 Å². The van der Waals surface area contributed by atoms with Gasteiger partial charge in [-0.15, -0.1) is 0 Å². The minimum absolute atomic E-state index is 0.0749. The van der Waals surface area contributed by atoms with E-state index in [1.165, 1.54) is 10.6 Å². The molecule has 2 heterocycles. The van der Waals surface area contributed by atoms with E-state index >= 15 is 0 Å².